The molecule has 0 aliphatic heterocycles. The minimum Gasteiger partial charge on any atom is -0.369 e. The highest BCUT2D eigenvalue weighted by Gasteiger charge is 2.31. The van der Waals surface area contributed by atoms with E-state index in [0.717, 1.165) is 12.4 Å². The molecule has 1 aromatic heterocycles. The van der Waals surface area contributed by atoms with Crippen LogP contribution in [0.4, 0.5) is 11.8 Å². The van der Waals surface area contributed by atoms with E-state index in [1.165, 1.54) is 19.3 Å². The van der Waals surface area contributed by atoms with E-state index >= 15 is 0 Å². The lowest BCUT2D eigenvalue weighted by atomic mass is 9.70. The first-order valence-electron chi connectivity index (χ1n) is 5.00. The highest BCUT2D eigenvalue weighted by Crippen LogP contribution is 2.39. The van der Waals surface area contributed by atoms with Crippen LogP contribution in [0.15, 0.2) is 12.3 Å². The fraction of sp³-hybridized carbons (Fsp3) is 0.600. The number of nitrogens with two attached hydrogens (primary N) is 1. The maximum absolute atomic E-state index is 5.48. The monoisotopic (exact) mass is 192 g/mol. The first-order valence-corrected chi connectivity index (χ1v) is 5.00. The van der Waals surface area contributed by atoms with Gasteiger partial charge in [-0.05, 0) is 24.3 Å². The van der Waals surface area contributed by atoms with Crippen LogP contribution < -0.4 is 11.1 Å². The summed E-state index contributed by atoms with van der Waals surface area (Å²) in [7, 11) is 0. The van der Waals surface area contributed by atoms with Crippen molar-refractivity contribution < 1.29 is 0 Å². The summed E-state index contributed by atoms with van der Waals surface area (Å²) >= 11 is 0. The Balaban J connectivity index is 1.91. The van der Waals surface area contributed by atoms with Crippen molar-refractivity contribution >= 4 is 11.8 Å². The maximum Gasteiger partial charge on any atom is 0.221 e. The fourth-order valence-corrected chi connectivity index (χ4v) is 1.73. The Bertz CT molecular complexity index is 320. The molecule has 0 bridgehead atoms. The smallest absolute Gasteiger partial charge is 0.221 e. The summed E-state index contributed by atoms with van der Waals surface area (Å²) in [6.45, 7) is 3.28. The van der Waals surface area contributed by atoms with E-state index in [1.807, 2.05) is 6.07 Å². The van der Waals surface area contributed by atoms with Crippen molar-refractivity contribution in [2.75, 3.05) is 17.6 Å². The largest absolute Gasteiger partial charge is 0.369 e. The standard InChI is InChI=1S/C10H16N4/c1-10(4-2-5-10)7-13-8-3-6-12-9(11)14-8/h3,6H,2,4-5,7H2,1H3,(H3,11,12,13,14). The Morgan fingerprint density at radius 3 is 2.93 bits per heavy atom. The molecule has 1 saturated carbocycles. The van der Waals surface area contributed by atoms with Gasteiger partial charge in [-0.3, -0.25) is 0 Å². The summed E-state index contributed by atoms with van der Waals surface area (Å²) < 4.78 is 0. The predicted molar refractivity (Wildman–Crippen MR) is 56.9 cm³/mol. The van der Waals surface area contributed by atoms with Gasteiger partial charge in [-0.1, -0.05) is 13.3 Å². The Morgan fingerprint density at radius 1 is 1.57 bits per heavy atom. The molecule has 0 unspecified atom stereocenters. The molecule has 1 aromatic rings. The molecule has 1 heterocycles. The lowest BCUT2D eigenvalue weighted by Crippen LogP contribution is -2.33. The molecule has 0 saturated heterocycles. The molecule has 4 nitrogen and oxygen atoms in total. The number of nitrogen functional groups attached to an aromatic ring is 1. The lowest BCUT2D eigenvalue weighted by Gasteiger charge is -2.38. The second kappa shape index (κ2) is 3.44. The Hall–Kier alpha value is -1.32. The van der Waals surface area contributed by atoms with Crippen LogP contribution >= 0.6 is 0 Å². The van der Waals surface area contributed by atoms with Gasteiger partial charge in [-0.25, -0.2) is 4.98 Å². The molecule has 14 heavy (non-hydrogen) atoms. The number of anilines is 2. The summed E-state index contributed by atoms with van der Waals surface area (Å²) in [4.78, 5) is 7.94. The van der Waals surface area contributed by atoms with Crippen molar-refractivity contribution in [3.63, 3.8) is 0 Å². The molecule has 3 N–H and O–H groups in total. The van der Waals surface area contributed by atoms with Gasteiger partial charge in [0.15, 0.2) is 0 Å². The Labute approximate surface area is 83.9 Å². The fourth-order valence-electron chi connectivity index (χ4n) is 1.73. The Kier molecular flexibility index (Phi) is 2.27. The van der Waals surface area contributed by atoms with Crippen LogP contribution in [0.5, 0.6) is 0 Å². The minimum absolute atomic E-state index is 0.328. The van der Waals surface area contributed by atoms with Crippen LogP contribution in [-0.4, -0.2) is 16.5 Å². The van der Waals surface area contributed by atoms with Gasteiger partial charge >= 0.3 is 0 Å². The van der Waals surface area contributed by atoms with Gasteiger partial charge in [0.25, 0.3) is 0 Å². The summed E-state index contributed by atoms with van der Waals surface area (Å²) in [5.74, 6) is 1.15. The van der Waals surface area contributed by atoms with Crippen molar-refractivity contribution in [2.24, 2.45) is 5.41 Å². The van der Waals surface area contributed by atoms with Crippen molar-refractivity contribution in [1.29, 1.82) is 0 Å². The summed E-state index contributed by atoms with van der Waals surface area (Å²) in [6, 6.07) is 1.85. The lowest BCUT2D eigenvalue weighted by molar-refractivity contribution is 0.180. The van der Waals surface area contributed by atoms with Crippen LogP contribution in [0.25, 0.3) is 0 Å². The highest BCUT2D eigenvalue weighted by atomic mass is 15.1. The molecule has 0 amide bonds. The SMILES string of the molecule is CC1(CNc2ccnc(N)n2)CCC1. The van der Waals surface area contributed by atoms with Gasteiger partial charge in [-0.2, -0.15) is 4.98 Å². The molecule has 1 fully saturated rings. The van der Waals surface area contributed by atoms with E-state index < -0.39 is 0 Å². The van der Waals surface area contributed by atoms with Crippen LogP contribution in [0, 0.1) is 5.41 Å². The number of hydrogen-bond donors (Lipinski definition) is 2. The van der Waals surface area contributed by atoms with Crippen LogP contribution in [0.3, 0.4) is 0 Å². The number of nitrogens with zero attached hydrogens (tertiary/aromatic N) is 2. The number of rotatable bonds is 3. The van der Waals surface area contributed by atoms with E-state index in [-0.39, 0.29) is 0 Å². The van der Waals surface area contributed by atoms with Crippen LogP contribution in [-0.2, 0) is 0 Å². The maximum atomic E-state index is 5.48. The average Bonchev–Trinajstić information content (AvgIpc) is 2.12. The van der Waals surface area contributed by atoms with Gasteiger partial charge in [0.1, 0.15) is 5.82 Å². The number of aromatic nitrogens is 2. The average molecular weight is 192 g/mol. The molecule has 0 aromatic carbocycles. The van der Waals surface area contributed by atoms with Crippen molar-refractivity contribution in [3.8, 4) is 0 Å². The van der Waals surface area contributed by atoms with Crippen molar-refractivity contribution in [2.45, 2.75) is 26.2 Å². The zero-order chi connectivity index (χ0) is 10.0. The van der Waals surface area contributed by atoms with Gasteiger partial charge in [0, 0.05) is 12.7 Å². The second-order valence-electron chi connectivity index (χ2n) is 4.32. The first kappa shape index (κ1) is 9.24. The predicted octanol–water partition coefficient (Wildman–Crippen LogP) is 1.66. The second-order valence-corrected chi connectivity index (χ2v) is 4.32. The van der Waals surface area contributed by atoms with Crippen molar-refractivity contribution in [3.05, 3.63) is 12.3 Å². The third-order valence-corrected chi connectivity index (χ3v) is 2.93. The summed E-state index contributed by atoms with van der Waals surface area (Å²) in [5.41, 5.74) is 5.94. The number of nitrogens with one attached hydrogen (secondary N) is 1. The molecule has 2 rings (SSSR count). The first-order chi connectivity index (χ1) is 6.68. The van der Waals surface area contributed by atoms with E-state index in [0.29, 0.717) is 11.4 Å². The van der Waals surface area contributed by atoms with Gasteiger partial charge in [0.05, 0.1) is 0 Å². The zero-order valence-corrected chi connectivity index (χ0v) is 8.45. The molecule has 0 radical (unpaired) electrons. The number of hydrogen-bond acceptors (Lipinski definition) is 4. The van der Waals surface area contributed by atoms with E-state index in [4.69, 9.17) is 5.73 Å². The molecular weight excluding hydrogens is 176 g/mol. The third-order valence-electron chi connectivity index (χ3n) is 2.93. The van der Waals surface area contributed by atoms with Gasteiger partial charge < -0.3 is 11.1 Å². The topological polar surface area (TPSA) is 63.8 Å². The Morgan fingerprint density at radius 2 is 2.36 bits per heavy atom. The van der Waals surface area contributed by atoms with Crippen molar-refractivity contribution in [1.82, 2.24) is 9.97 Å². The van der Waals surface area contributed by atoms with Crippen LogP contribution in [0.2, 0.25) is 0 Å². The summed E-state index contributed by atoms with van der Waals surface area (Å²) in [6.07, 6.45) is 5.64. The molecule has 0 spiro atoms. The van der Waals surface area contributed by atoms with E-state index in [2.05, 4.69) is 22.2 Å². The third kappa shape index (κ3) is 1.95. The normalized spacial score (nSPS) is 18.6. The summed E-state index contributed by atoms with van der Waals surface area (Å²) in [5, 5.41) is 3.30. The quantitative estimate of drug-likeness (QED) is 0.764. The van der Waals surface area contributed by atoms with Gasteiger partial charge in [0.2, 0.25) is 5.95 Å². The molecule has 1 aliphatic carbocycles. The molecular formula is C10H16N4. The zero-order valence-electron chi connectivity index (χ0n) is 8.45. The van der Waals surface area contributed by atoms with Crippen LogP contribution in [0.1, 0.15) is 26.2 Å². The molecule has 1 aliphatic rings. The van der Waals surface area contributed by atoms with E-state index in [1.54, 1.807) is 6.20 Å². The molecule has 4 heteroatoms. The molecule has 76 valence electrons. The molecule has 0 atom stereocenters. The minimum atomic E-state index is 0.328. The highest BCUT2D eigenvalue weighted by molar-refractivity contribution is 5.37. The van der Waals surface area contributed by atoms with E-state index in [9.17, 15) is 0 Å². The van der Waals surface area contributed by atoms with Gasteiger partial charge in [-0.15, -0.1) is 0 Å².